The van der Waals surface area contributed by atoms with Crippen molar-refractivity contribution in [3.63, 3.8) is 0 Å². The Morgan fingerprint density at radius 1 is 1.33 bits per heavy atom. The number of sulfonamides is 1. The van der Waals surface area contributed by atoms with Crippen molar-refractivity contribution >= 4 is 16.2 Å². The van der Waals surface area contributed by atoms with Gasteiger partial charge in [0.1, 0.15) is 18.2 Å². The zero-order valence-corrected chi connectivity index (χ0v) is 16.9. The molecule has 1 saturated carbocycles. The van der Waals surface area contributed by atoms with E-state index in [0.717, 1.165) is 42.4 Å². The monoisotopic (exact) mass is 393 g/mol. The second kappa shape index (κ2) is 6.96. The van der Waals surface area contributed by atoms with Gasteiger partial charge in [-0.25, -0.2) is 18.2 Å². The van der Waals surface area contributed by atoms with Gasteiger partial charge in [-0.15, -0.1) is 0 Å². The Kier molecular flexibility index (Phi) is 4.77. The normalized spacial score (nSPS) is 24.9. The van der Waals surface area contributed by atoms with Crippen LogP contribution in [0.1, 0.15) is 33.1 Å². The van der Waals surface area contributed by atoms with Crippen molar-refractivity contribution in [1.29, 1.82) is 0 Å². The lowest BCUT2D eigenvalue weighted by Gasteiger charge is -2.40. The van der Waals surface area contributed by atoms with Gasteiger partial charge in [0, 0.05) is 12.7 Å². The van der Waals surface area contributed by atoms with Crippen molar-refractivity contribution in [2.75, 3.05) is 26.1 Å². The average Bonchev–Trinajstić information content (AvgIpc) is 3.33. The van der Waals surface area contributed by atoms with Gasteiger partial charge in [-0.3, -0.25) is 9.83 Å². The molecule has 0 amide bonds. The first kappa shape index (κ1) is 18.5. The number of rotatable bonds is 7. The summed E-state index contributed by atoms with van der Waals surface area (Å²) in [6.45, 7) is 6.22. The number of nitrogens with one attached hydrogen (secondary N) is 1. The number of allylic oxidation sites excluding steroid dienone is 1. The van der Waals surface area contributed by atoms with Crippen molar-refractivity contribution in [2.24, 2.45) is 10.9 Å². The standard InChI is InChI=1S/C18H27N5O3S/c1-4-7-21-9-13(2)16(20-27(3,24)25)17-18(21)23-12-22(10-15(23)8-19-17)26-11-14-5-6-14/h8-10,14,16,20H,4-7,11-12H2,1-3H3. The second-order valence-corrected chi connectivity index (χ2v) is 9.42. The highest BCUT2D eigenvalue weighted by Crippen LogP contribution is 2.36. The third kappa shape index (κ3) is 3.90. The number of fused-ring (bicyclic) bond motifs is 2. The molecule has 3 aliphatic heterocycles. The predicted molar refractivity (Wildman–Crippen MR) is 103 cm³/mol. The van der Waals surface area contributed by atoms with E-state index in [4.69, 9.17) is 4.84 Å². The summed E-state index contributed by atoms with van der Waals surface area (Å²) < 4.78 is 26.5. The lowest BCUT2D eigenvalue weighted by atomic mass is 10.0. The summed E-state index contributed by atoms with van der Waals surface area (Å²) in [5.41, 5.74) is 2.62. The lowest BCUT2D eigenvalue weighted by molar-refractivity contribution is -0.132. The van der Waals surface area contributed by atoms with Crippen LogP contribution in [0.5, 0.6) is 0 Å². The van der Waals surface area contributed by atoms with Crippen LogP contribution in [0.15, 0.2) is 40.2 Å². The summed E-state index contributed by atoms with van der Waals surface area (Å²) >= 11 is 0. The number of hydroxylamine groups is 2. The summed E-state index contributed by atoms with van der Waals surface area (Å²) in [7, 11) is -3.37. The zero-order chi connectivity index (χ0) is 19.2. The first-order valence-corrected chi connectivity index (χ1v) is 11.3. The molecule has 1 fully saturated rings. The molecule has 4 rings (SSSR count). The fourth-order valence-electron chi connectivity index (χ4n) is 3.54. The molecule has 0 saturated heterocycles. The molecule has 1 N–H and O–H groups in total. The van der Waals surface area contributed by atoms with E-state index < -0.39 is 16.1 Å². The van der Waals surface area contributed by atoms with E-state index in [1.807, 2.05) is 24.4 Å². The van der Waals surface area contributed by atoms with Crippen LogP contribution < -0.4 is 4.72 Å². The third-order valence-corrected chi connectivity index (χ3v) is 5.68. The average molecular weight is 394 g/mol. The van der Waals surface area contributed by atoms with Crippen LogP contribution in [0.25, 0.3) is 0 Å². The van der Waals surface area contributed by atoms with E-state index in [1.165, 1.54) is 19.1 Å². The number of nitrogens with zero attached hydrogens (tertiary/aromatic N) is 4. The molecule has 3 heterocycles. The van der Waals surface area contributed by atoms with Gasteiger partial charge in [0.05, 0.1) is 37.0 Å². The fourth-order valence-corrected chi connectivity index (χ4v) is 4.27. The second-order valence-electron chi connectivity index (χ2n) is 7.64. The number of aliphatic imine (C=N–C) groups is 1. The Balaban J connectivity index is 1.62. The first-order valence-electron chi connectivity index (χ1n) is 9.45. The maximum atomic E-state index is 11.9. The van der Waals surface area contributed by atoms with Crippen LogP contribution in [0.2, 0.25) is 0 Å². The van der Waals surface area contributed by atoms with E-state index in [0.29, 0.717) is 12.6 Å². The van der Waals surface area contributed by atoms with Crippen LogP contribution in [-0.2, 0) is 14.9 Å². The summed E-state index contributed by atoms with van der Waals surface area (Å²) in [6.07, 6.45) is 10.4. The van der Waals surface area contributed by atoms with E-state index in [1.54, 1.807) is 6.21 Å². The van der Waals surface area contributed by atoms with E-state index >= 15 is 0 Å². The molecule has 0 aromatic heterocycles. The molecular formula is C18H27N5O3S. The minimum absolute atomic E-state index is 0.456. The minimum Gasteiger partial charge on any atom is -0.333 e. The number of hydrogen-bond acceptors (Lipinski definition) is 7. The molecule has 27 heavy (non-hydrogen) atoms. The Labute approximate surface area is 160 Å². The van der Waals surface area contributed by atoms with Crippen LogP contribution in [0.3, 0.4) is 0 Å². The molecular weight excluding hydrogens is 366 g/mol. The Hall–Kier alpha value is -1.84. The molecule has 0 radical (unpaired) electrons. The van der Waals surface area contributed by atoms with Crippen molar-refractivity contribution in [2.45, 2.75) is 39.2 Å². The SMILES string of the molecule is CCCN1C=C(C)C(NS(C)(=O)=O)C2=C1N1CN(OCC3CC3)C=C1C=N2. The topological polar surface area (TPSA) is 77.5 Å². The van der Waals surface area contributed by atoms with Crippen LogP contribution in [-0.4, -0.2) is 61.6 Å². The smallest absolute Gasteiger partial charge is 0.209 e. The zero-order valence-electron chi connectivity index (χ0n) is 16.1. The minimum atomic E-state index is -3.37. The molecule has 0 aromatic carbocycles. The van der Waals surface area contributed by atoms with Gasteiger partial charge in [-0.2, -0.15) is 0 Å². The first-order chi connectivity index (χ1) is 12.9. The highest BCUT2D eigenvalue weighted by molar-refractivity contribution is 7.88. The molecule has 0 bridgehead atoms. The molecule has 0 aromatic rings. The van der Waals surface area contributed by atoms with Gasteiger partial charge in [-0.05, 0) is 37.7 Å². The van der Waals surface area contributed by atoms with Crippen LogP contribution in [0, 0.1) is 5.92 Å². The van der Waals surface area contributed by atoms with Gasteiger partial charge in [-0.1, -0.05) is 6.92 Å². The number of hydrogen-bond donors (Lipinski definition) is 1. The van der Waals surface area contributed by atoms with Crippen molar-refractivity contribution < 1.29 is 13.3 Å². The molecule has 1 atom stereocenters. The van der Waals surface area contributed by atoms with E-state index in [9.17, 15) is 8.42 Å². The largest absolute Gasteiger partial charge is 0.333 e. The molecule has 0 spiro atoms. The highest BCUT2D eigenvalue weighted by atomic mass is 32.2. The fraction of sp³-hybridized carbons (Fsp3) is 0.611. The molecule has 9 heteroatoms. The third-order valence-electron chi connectivity index (χ3n) is 5.02. The Morgan fingerprint density at radius 2 is 2.11 bits per heavy atom. The molecule has 1 unspecified atom stereocenters. The van der Waals surface area contributed by atoms with Gasteiger partial charge in [0.2, 0.25) is 10.0 Å². The quantitative estimate of drug-likeness (QED) is 0.707. The van der Waals surface area contributed by atoms with Crippen molar-refractivity contribution in [1.82, 2.24) is 19.6 Å². The Bertz CT molecular complexity index is 841. The summed E-state index contributed by atoms with van der Waals surface area (Å²) in [5, 5.41) is 1.85. The van der Waals surface area contributed by atoms with Gasteiger partial charge >= 0.3 is 0 Å². The highest BCUT2D eigenvalue weighted by Gasteiger charge is 2.38. The summed E-state index contributed by atoms with van der Waals surface area (Å²) in [4.78, 5) is 14.9. The van der Waals surface area contributed by atoms with E-state index in [-0.39, 0.29) is 0 Å². The van der Waals surface area contributed by atoms with Crippen molar-refractivity contribution in [3.8, 4) is 0 Å². The maximum Gasteiger partial charge on any atom is 0.209 e. The van der Waals surface area contributed by atoms with E-state index in [2.05, 4.69) is 26.4 Å². The Morgan fingerprint density at radius 3 is 2.78 bits per heavy atom. The van der Waals surface area contributed by atoms with Gasteiger partial charge in [0.15, 0.2) is 0 Å². The molecule has 8 nitrogen and oxygen atoms in total. The lowest BCUT2D eigenvalue weighted by Crippen LogP contribution is -2.46. The molecule has 148 valence electrons. The summed E-state index contributed by atoms with van der Waals surface area (Å²) in [5.74, 6) is 1.61. The van der Waals surface area contributed by atoms with Crippen LogP contribution >= 0.6 is 0 Å². The maximum absolute atomic E-state index is 11.9. The predicted octanol–water partition coefficient (Wildman–Crippen LogP) is 1.55. The summed E-state index contributed by atoms with van der Waals surface area (Å²) in [6, 6.07) is -0.456. The molecule has 4 aliphatic rings. The molecule has 1 aliphatic carbocycles. The van der Waals surface area contributed by atoms with Gasteiger partial charge < -0.3 is 9.80 Å². The van der Waals surface area contributed by atoms with Crippen molar-refractivity contribution in [3.05, 3.63) is 35.2 Å². The van der Waals surface area contributed by atoms with Crippen LogP contribution in [0.4, 0.5) is 0 Å². The van der Waals surface area contributed by atoms with Gasteiger partial charge in [0.25, 0.3) is 0 Å².